The number of hydrogen-bond donors (Lipinski definition) is 2. The fourth-order valence-electron chi connectivity index (χ4n) is 0.952. The van der Waals surface area contributed by atoms with Crippen LogP contribution in [0.25, 0.3) is 6.08 Å². The summed E-state index contributed by atoms with van der Waals surface area (Å²) in [6, 6.07) is 0. The number of nitrogens with zero attached hydrogens (tertiary/aromatic N) is 6. The Balaban J connectivity index is -0.0000000771. The van der Waals surface area contributed by atoms with Gasteiger partial charge in [-0.25, -0.2) is 9.97 Å². The van der Waals surface area contributed by atoms with Gasteiger partial charge in [0.05, 0.1) is 23.8 Å². The van der Waals surface area contributed by atoms with Crippen LogP contribution >= 0.6 is 0 Å². The fraction of sp³-hybridized carbons (Fsp3) is 0.429. The minimum atomic E-state index is 0. The molecule has 0 bridgehead atoms. The quantitative estimate of drug-likeness (QED) is 0.865. The highest BCUT2D eigenvalue weighted by Crippen LogP contribution is 1.93. The maximum Gasteiger partial charge on any atom is 0.240 e. The number of anilines is 2. The average molecular weight is 312 g/mol. The Morgan fingerprint density at radius 1 is 1.00 bits per heavy atom. The summed E-state index contributed by atoms with van der Waals surface area (Å²) in [6.07, 6.45) is 5.50. The van der Waals surface area contributed by atoms with Crippen LogP contribution in [0.15, 0.2) is 19.0 Å². The molecule has 0 spiro atoms. The number of aryl methyl sites for hydroxylation is 1. The van der Waals surface area contributed by atoms with Crippen molar-refractivity contribution in [2.45, 2.75) is 43.1 Å². The summed E-state index contributed by atoms with van der Waals surface area (Å²) in [5.41, 5.74) is 12.0. The molecule has 0 aromatic carbocycles. The number of rotatable bonds is 2. The standard InChI is InChI=1S/C5H8N4.C5H6N4.4CH4.H2/c2*1-2-4-3-7-9-5(6)8-4;;;;;/h3H,2H2,1H3,(H2,6,8,9);2-3H,1H2,(H2,6,8,9);4*1H4;1H. The topological polar surface area (TPSA) is 129 Å². The van der Waals surface area contributed by atoms with Crippen molar-refractivity contribution in [2.75, 3.05) is 11.5 Å². The second-order valence-corrected chi connectivity index (χ2v) is 3.10. The average Bonchev–Trinajstić information content (AvgIpc) is 2.39. The molecule has 2 heterocycles. The van der Waals surface area contributed by atoms with Gasteiger partial charge >= 0.3 is 0 Å². The molecule has 0 aliphatic rings. The Labute approximate surface area is 135 Å². The van der Waals surface area contributed by atoms with Gasteiger partial charge in [-0.05, 0) is 12.5 Å². The van der Waals surface area contributed by atoms with Gasteiger partial charge in [-0.3, -0.25) is 0 Å². The molecule has 0 aliphatic heterocycles. The third-order valence-corrected chi connectivity index (χ3v) is 1.79. The molecule has 22 heavy (non-hydrogen) atoms. The van der Waals surface area contributed by atoms with E-state index in [2.05, 4.69) is 36.9 Å². The van der Waals surface area contributed by atoms with Crippen LogP contribution in [0.3, 0.4) is 0 Å². The molecule has 8 nitrogen and oxygen atoms in total. The molecule has 8 heteroatoms. The Morgan fingerprint density at radius 3 is 1.82 bits per heavy atom. The molecule has 0 amide bonds. The number of hydrogen-bond acceptors (Lipinski definition) is 8. The summed E-state index contributed by atoms with van der Waals surface area (Å²) in [4.78, 5) is 7.67. The Hall–Kier alpha value is -2.64. The third-order valence-electron chi connectivity index (χ3n) is 1.79. The molecule has 4 N–H and O–H groups in total. The van der Waals surface area contributed by atoms with Crippen LogP contribution < -0.4 is 11.5 Å². The van der Waals surface area contributed by atoms with E-state index in [0.717, 1.165) is 12.1 Å². The summed E-state index contributed by atoms with van der Waals surface area (Å²) in [5.74, 6) is 0.418. The van der Waals surface area contributed by atoms with Crippen LogP contribution in [-0.4, -0.2) is 30.4 Å². The van der Waals surface area contributed by atoms with E-state index in [0.29, 0.717) is 5.69 Å². The lowest BCUT2D eigenvalue weighted by Gasteiger charge is -1.92. The molecular weight excluding hydrogens is 280 g/mol. The second kappa shape index (κ2) is 14.8. The highest BCUT2D eigenvalue weighted by atomic mass is 15.2. The number of aromatic nitrogens is 6. The molecule has 2 aromatic heterocycles. The lowest BCUT2D eigenvalue weighted by atomic mass is 10.4. The van der Waals surface area contributed by atoms with Crippen molar-refractivity contribution >= 4 is 18.0 Å². The molecule has 128 valence electrons. The largest absolute Gasteiger partial charge is 0.366 e. The first kappa shape index (κ1) is 27.7. The van der Waals surface area contributed by atoms with E-state index >= 15 is 0 Å². The van der Waals surface area contributed by atoms with E-state index < -0.39 is 0 Å². The van der Waals surface area contributed by atoms with Crippen LogP contribution in [0.2, 0.25) is 0 Å². The molecule has 0 saturated heterocycles. The third kappa shape index (κ3) is 10.2. The summed E-state index contributed by atoms with van der Waals surface area (Å²) in [7, 11) is 0. The highest BCUT2D eigenvalue weighted by molar-refractivity contribution is 5.40. The van der Waals surface area contributed by atoms with Gasteiger partial charge in [0.1, 0.15) is 0 Å². The van der Waals surface area contributed by atoms with Crippen molar-refractivity contribution in [3.8, 4) is 0 Å². The number of nitrogens with two attached hydrogens (primary N) is 2. The summed E-state index contributed by atoms with van der Waals surface area (Å²) < 4.78 is 0. The SMILES string of the molecule is C.C.C.C.C=Cc1cnnc(N)n1.CCc1cnnc(N)n1.[HH]. The van der Waals surface area contributed by atoms with E-state index in [4.69, 9.17) is 11.5 Å². The Morgan fingerprint density at radius 2 is 1.50 bits per heavy atom. The van der Waals surface area contributed by atoms with E-state index in [1.54, 1.807) is 12.3 Å². The monoisotopic (exact) mass is 312 g/mol. The van der Waals surface area contributed by atoms with Crippen molar-refractivity contribution in [3.63, 3.8) is 0 Å². The second-order valence-electron chi connectivity index (χ2n) is 3.10. The smallest absolute Gasteiger partial charge is 0.240 e. The maximum absolute atomic E-state index is 5.25. The van der Waals surface area contributed by atoms with Crippen LogP contribution in [0.4, 0.5) is 11.9 Å². The van der Waals surface area contributed by atoms with Gasteiger partial charge in [-0.2, -0.15) is 10.2 Å². The first-order valence-electron chi connectivity index (χ1n) is 5.17. The molecule has 0 saturated carbocycles. The van der Waals surface area contributed by atoms with Crippen LogP contribution in [-0.2, 0) is 6.42 Å². The molecule has 2 rings (SSSR count). The van der Waals surface area contributed by atoms with E-state index in [1.807, 2.05) is 6.92 Å². The zero-order valence-electron chi connectivity index (χ0n) is 9.98. The van der Waals surface area contributed by atoms with Gasteiger partial charge in [0, 0.05) is 1.43 Å². The molecule has 0 atom stereocenters. The van der Waals surface area contributed by atoms with Crippen molar-refractivity contribution < 1.29 is 1.43 Å². The molecular formula is C14H32N8. The van der Waals surface area contributed by atoms with Gasteiger partial charge in [-0.1, -0.05) is 43.2 Å². The molecule has 0 aliphatic carbocycles. The van der Waals surface area contributed by atoms with Crippen molar-refractivity contribution in [2.24, 2.45) is 0 Å². The van der Waals surface area contributed by atoms with Crippen LogP contribution in [0.5, 0.6) is 0 Å². The van der Waals surface area contributed by atoms with Gasteiger partial charge in [-0.15, -0.1) is 10.2 Å². The van der Waals surface area contributed by atoms with E-state index in [9.17, 15) is 0 Å². The van der Waals surface area contributed by atoms with Gasteiger partial charge in [0.2, 0.25) is 11.9 Å². The van der Waals surface area contributed by atoms with Crippen molar-refractivity contribution in [1.82, 2.24) is 30.4 Å². The fourth-order valence-corrected chi connectivity index (χ4v) is 0.952. The summed E-state index contributed by atoms with van der Waals surface area (Å²) in [6.45, 7) is 5.48. The summed E-state index contributed by atoms with van der Waals surface area (Å²) >= 11 is 0. The first-order valence-corrected chi connectivity index (χ1v) is 5.17. The number of nitrogen functional groups attached to an aromatic ring is 2. The highest BCUT2D eigenvalue weighted by Gasteiger charge is 1.90. The zero-order chi connectivity index (χ0) is 13.4. The molecule has 0 unspecified atom stereocenters. The lowest BCUT2D eigenvalue weighted by molar-refractivity contribution is 0.913. The van der Waals surface area contributed by atoms with E-state index in [-0.39, 0.29) is 43.0 Å². The predicted molar refractivity (Wildman–Crippen MR) is 97.0 cm³/mol. The molecule has 0 radical (unpaired) electrons. The van der Waals surface area contributed by atoms with Crippen molar-refractivity contribution in [3.05, 3.63) is 30.4 Å². The maximum atomic E-state index is 5.25. The van der Waals surface area contributed by atoms with Crippen LogP contribution in [0, 0.1) is 0 Å². The minimum Gasteiger partial charge on any atom is -0.366 e. The first-order chi connectivity index (χ1) is 8.65. The lowest BCUT2D eigenvalue weighted by Crippen LogP contribution is -1.99. The Bertz CT molecular complexity index is 522. The Kier molecular flexibility index (Phi) is 18.6. The van der Waals surface area contributed by atoms with E-state index in [1.165, 1.54) is 6.20 Å². The normalized spacial score (nSPS) is 7.50. The van der Waals surface area contributed by atoms with Crippen LogP contribution in [0.1, 0.15) is 49.4 Å². The molecule has 2 aromatic rings. The summed E-state index contributed by atoms with van der Waals surface area (Å²) in [5, 5.41) is 14.1. The van der Waals surface area contributed by atoms with Gasteiger partial charge < -0.3 is 11.5 Å². The van der Waals surface area contributed by atoms with Gasteiger partial charge in [0.15, 0.2) is 0 Å². The van der Waals surface area contributed by atoms with Crippen molar-refractivity contribution in [1.29, 1.82) is 0 Å². The molecule has 0 fully saturated rings. The van der Waals surface area contributed by atoms with Gasteiger partial charge in [0.25, 0.3) is 0 Å². The predicted octanol–water partition coefficient (Wildman–Crippen LogP) is 2.90. The zero-order valence-corrected chi connectivity index (χ0v) is 9.98. The minimum absolute atomic E-state index is 0.